The minimum Gasteiger partial charge on any atom is -0.492 e. The van der Waals surface area contributed by atoms with E-state index < -0.39 is 27.7 Å². The molecule has 4 N–H and O–H groups in total. The fraction of sp³-hybridized carbons (Fsp3) is 0.444. The van der Waals surface area contributed by atoms with Crippen molar-refractivity contribution < 1.29 is 37.4 Å². The normalized spacial score (nSPS) is 16.0. The van der Waals surface area contributed by atoms with Crippen LogP contribution in [0.25, 0.3) is 11.1 Å². The van der Waals surface area contributed by atoms with Gasteiger partial charge < -0.3 is 20.3 Å². The van der Waals surface area contributed by atoms with E-state index in [4.69, 9.17) is 15.2 Å². The highest BCUT2D eigenvalue weighted by Gasteiger charge is 2.30. The number of likely N-dealkylation sites (tertiary alicyclic amines) is 1. The molecule has 2 aliphatic rings. The van der Waals surface area contributed by atoms with E-state index in [0.717, 1.165) is 59.5 Å². The summed E-state index contributed by atoms with van der Waals surface area (Å²) in [5.74, 6) is -1.69. The second-order valence-electron chi connectivity index (χ2n) is 12.8. The number of aliphatic carboxylic acids is 1. The number of Topliss-reactive ketones (excluding diaryl/α,β-unsaturated/α-hetero) is 1. The van der Waals surface area contributed by atoms with Crippen molar-refractivity contribution in [3.63, 3.8) is 0 Å². The Morgan fingerprint density at radius 1 is 1.18 bits per heavy atom. The van der Waals surface area contributed by atoms with E-state index in [2.05, 4.69) is 14.6 Å². The molecule has 1 fully saturated rings. The maximum atomic E-state index is 14.1. The highest BCUT2D eigenvalue weighted by atomic mass is 32.2. The number of carboxylic acids is 1. The molecule has 268 valence electrons. The van der Waals surface area contributed by atoms with E-state index in [1.165, 1.54) is 13.2 Å². The van der Waals surface area contributed by atoms with Crippen LogP contribution in [0.2, 0.25) is 0 Å². The van der Waals surface area contributed by atoms with Gasteiger partial charge in [-0.2, -0.15) is 0 Å². The number of hydrogen-bond acceptors (Lipinski definition) is 10. The van der Waals surface area contributed by atoms with Gasteiger partial charge in [0.25, 0.3) is 10.0 Å². The van der Waals surface area contributed by atoms with Crippen molar-refractivity contribution in [2.24, 2.45) is 22.6 Å². The molecule has 0 amide bonds. The molecule has 1 atom stereocenters. The number of nitrogens with two attached hydrogens (primary N) is 1. The standard InChI is InChI=1S/C36H44N4O8S2/c1-23(37)38-13-5-7-26(36(43)44)20-31(41)35-30(12-17-49-35)39-50(45,46)32-21-28(19-25-11-16-48-34(25)32)29-8-4-3-6-27(29)22-40-14-9-24(10-15-40)18-33(42)47-2/h3-4,6,8,12,17,19,21,24,26,39H,5,7,9-11,13-16,18,20,22H2,1-2H3,(H2,37,38)(H,43,44)/t26-/m1/s1. The highest BCUT2D eigenvalue weighted by molar-refractivity contribution is 7.92. The van der Waals surface area contributed by atoms with E-state index in [1.54, 1.807) is 18.4 Å². The van der Waals surface area contributed by atoms with Crippen molar-refractivity contribution >= 4 is 50.6 Å². The number of sulfonamides is 1. The van der Waals surface area contributed by atoms with Crippen LogP contribution in [0.1, 0.15) is 66.2 Å². The molecule has 0 spiro atoms. The van der Waals surface area contributed by atoms with Gasteiger partial charge in [-0.15, -0.1) is 11.3 Å². The van der Waals surface area contributed by atoms with Crippen LogP contribution in [0.3, 0.4) is 0 Å². The number of nitrogens with one attached hydrogen (secondary N) is 1. The first kappa shape index (κ1) is 37.0. The van der Waals surface area contributed by atoms with Gasteiger partial charge in [-0.1, -0.05) is 24.3 Å². The third kappa shape index (κ3) is 9.29. The van der Waals surface area contributed by atoms with Gasteiger partial charge in [0.1, 0.15) is 10.6 Å². The molecule has 50 heavy (non-hydrogen) atoms. The van der Waals surface area contributed by atoms with Crippen LogP contribution in [0.5, 0.6) is 5.75 Å². The third-order valence-electron chi connectivity index (χ3n) is 9.17. The summed E-state index contributed by atoms with van der Waals surface area (Å²) in [6.45, 7) is 4.71. The largest absolute Gasteiger partial charge is 0.492 e. The summed E-state index contributed by atoms with van der Waals surface area (Å²) in [7, 11) is -2.82. The molecule has 1 saturated heterocycles. The number of esters is 1. The van der Waals surface area contributed by atoms with Gasteiger partial charge in [-0.25, -0.2) is 8.42 Å². The number of carboxylic acid groups (broad SMARTS) is 1. The summed E-state index contributed by atoms with van der Waals surface area (Å²) in [4.78, 5) is 43.6. The molecule has 1 aromatic heterocycles. The number of methoxy groups -OCH3 is 1. The molecular weight excluding hydrogens is 681 g/mol. The lowest BCUT2D eigenvalue weighted by atomic mass is 9.92. The summed E-state index contributed by atoms with van der Waals surface area (Å²) in [6, 6.07) is 13.0. The third-order valence-corrected chi connectivity index (χ3v) is 11.5. The molecule has 0 saturated carbocycles. The van der Waals surface area contributed by atoms with Crippen LogP contribution in [-0.2, 0) is 37.3 Å². The molecule has 2 aromatic carbocycles. The highest BCUT2D eigenvalue weighted by Crippen LogP contribution is 2.40. The van der Waals surface area contributed by atoms with Crippen LogP contribution in [0.15, 0.2) is 57.7 Å². The lowest BCUT2D eigenvalue weighted by Gasteiger charge is -2.32. The number of thiophene rings is 1. The molecule has 5 rings (SSSR count). The molecule has 0 radical (unpaired) electrons. The van der Waals surface area contributed by atoms with Crippen LogP contribution in [0.4, 0.5) is 5.69 Å². The number of benzene rings is 2. The second-order valence-corrected chi connectivity index (χ2v) is 15.4. The number of anilines is 1. The lowest BCUT2D eigenvalue weighted by Crippen LogP contribution is -2.34. The molecular formula is C36H44N4O8S2. The zero-order chi connectivity index (χ0) is 35.8. The maximum absolute atomic E-state index is 14.1. The van der Waals surface area contributed by atoms with Gasteiger partial charge in [0, 0.05) is 32.4 Å². The summed E-state index contributed by atoms with van der Waals surface area (Å²) >= 11 is 1.06. The molecule has 0 aliphatic carbocycles. The molecule has 14 heteroatoms. The molecule has 3 heterocycles. The van der Waals surface area contributed by atoms with Gasteiger partial charge in [-0.3, -0.25) is 29.0 Å². The first-order valence-electron chi connectivity index (χ1n) is 16.7. The number of ether oxygens (including phenoxy) is 2. The van der Waals surface area contributed by atoms with Gasteiger partial charge in [0.15, 0.2) is 5.78 Å². The first-order chi connectivity index (χ1) is 23.9. The quantitative estimate of drug-likeness (QED) is 0.0573. The van der Waals surface area contributed by atoms with E-state index in [-0.39, 0.29) is 40.0 Å². The van der Waals surface area contributed by atoms with E-state index >= 15 is 0 Å². The van der Waals surface area contributed by atoms with Gasteiger partial charge in [-0.05, 0) is 97.4 Å². The van der Waals surface area contributed by atoms with Crippen molar-refractivity contribution in [3.05, 3.63) is 63.8 Å². The Bertz CT molecular complexity index is 1840. The summed E-state index contributed by atoms with van der Waals surface area (Å²) < 4.78 is 41.4. The van der Waals surface area contributed by atoms with Gasteiger partial charge >= 0.3 is 11.9 Å². The maximum Gasteiger partial charge on any atom is 0.306 e. The fourth-order valence-corrected chi connectivity index (χ4v) is 8.66. The molecule has 12 nitrogen and oxygen atoms in total. The lowest BCUT2D eigenvalue weighted by molar-refractivity contribution is -0.142. The number of nitrogens with zero attached hydrogens (tertiary/aromatic N) is 2. The molecule has 0 bridgehead atoms. The average molecular weight is 725 g/mol. The summed E-state index contributed by atoms with van der Waals surface area (Å²) in [5, 5.41) is 11.4. The van der Waals surface area contributed by atoms with E-state index in [9.17, 15) is 27.9 Å². The number of amidine groups is 1. The zero-order valence-electron chi connectivity index (χ0n) is 28.4. The van der Waals surface area contributed by atoms with E-state index in [1.807, 2.05) is 30.3 Å². The van der Waals surface area contributed by atoms with Crippen molar-refractivity contribution in [2.45, 2.75) is 63.3 Å². The summed E-state index contributed by atoms with van der Waals surface area (Å²) in [6.07, 6.45) is 3.18. The van der Waals surface area contributed by atoms with Crippen LogP contribution in [-0.4, -0.2) is 75.3 Å². The fourth-order valence-electron chi connectivity index (χ4n) is 6.50. The number of fused-ring (bicyclic) bond motifs is 1. The van der Waals surface area contributed by atoms with Crippen molar-refractivity contribution in [3.8, 4) is 16.9 Å². The minimum absolute atomic E-state index is 0.0234. The first-order valence-corrected chi connectivity index (χ1v) is 19.1. The number of aliphatic imine (C=N–C) groups is 1. The Morgan fingerprint density at radius 2 is 1.94 bits per heavy atom. The number of carbonyl (C=O) groups is 3. The SMILES string of the molecule is COC(=O)CC1CCN(Cc2ccccc2-c2cc3c(c(S(=O)(=O)Nc4ccsc4C(=O)C[C@@H](CCCN=C(C)N)C(=O)O)c2)OCC3)CC1. The Labute approximate surface area is 296 Å². The predicted octanol–water partition coefficient (Wildman–Crippen LogP) is 5.36. The summed E-state index contributed by atoms with van der Waals surface area (Å²) in [5.41, 5.74) is 9.14. The average Bonchev–Trinajstić information content (AvgIpc) is 3.76. The molecule has 0 unspecified atom stereocenters. The Balaban J connectivity index is 1.35. The number of carbonyl (C=O) groups excluding carboxylic acids is 2. The number of piperidine rings is 1. The Hall–Kier alpha value is -4.27. The Kier molecular flexibility index (Phi) is 12.3. The van der Waals surface area contributed by atoms with Crippen molar-refractivity contribution in [1.29, 1.82) is 0 Å². The monoisotopic (exact) mass is 724 g/mol. The topological polar surface area (TPSA) is 178 Å². The minimum atomic E-state index is -4.24. The van der Waals surface area contributed by atoms with Crippen molar-refractivity contribution in [1.82, 2.24) is 4.90 Å². The molecule has 3 aromatic rings. The van der Waals surface area contributed by atoms with Gasteiger partial charge in [0.05, 0.1) is 36.0 Å². The number of ketones is 1. The second kappa shape index (κ2) is 16.6. The molecule has 2 aliphatic heterocycles. The van der Waals surface area contributed by atoms with Crippen LogP contribution >= 0.6 is 11.3 Å². The predicted molar refractivity (Wildman–Crippen MR) is 192 cm³/mol. The van der Waals surface area contributed by atoms with Crippen molar-refractivity contribution in [2.75, 3.05) is 38.1 Å². The van der Waals surface area contributed by atoms with Crippen LogP contribution < -0.4 is 15.2 Å². The number of rotatable bonds is 16. The van der Waals surface area contributed by atoms with E-state index in [0.29, 0.717) is 50.7 Å². The van der Waals surface area contributed by atoms with Crippen LogP contribution in [0, 0.1) is 11.8 Å². The zero-order valence-corrected chi connectivity index (χ0v) is 30.0. The number of hydrogen-bond donors (Lipinski definition) is 3. The van der Waals surface area contributed by atoms with Gasteiger partial charge in [0.2, 0.25) is 0 Å². The smallest absolute Gasteiger partial charge is 0.306 e. The Morgan fingerprint density at radius 3 is 2.66 bits per heavy atom.